The van der Waals surface area contributed by atoms with Crippen LogP contribution in [0.25, 0.3) is 0 Å². The van der Waals surface area contributed by atoms with Gasteiger partial charge in [-0.2, -0.15) is 5.26 Å². The van der Waals surface area contributed by atoms with E-state index in [1.54, 1.807) is 4.90 Å². The second kappa shape index (κ2) is 7.22. The number of nitriles is 1. The summed E-state index contributed by atoms with van der Waals surface area (Å²) in [5, 5.41) is 8.51. The van der Waals surface area contributed by atoms with Gasteiger partial charge in [0.1, 0.15) is 6.42 Å². The van der Waals surface area contributed by atoms with E-state index in [2.05, 4.69) is 4.90 Å². The highest BCUT2D eigenvalue weighted by atomic mass is 16.5. The lowest BCUT2D eigenvalue weighted by Crippen LogP contribution is -2.52. The van der Waals surface area contributed by atoms with Gasteiger partial charge in [0.25, 0.3) is 0 Å². The number of carbonyl (C=O) groups is 2. The first kappa shape index (κ1) is 14.8. The van der Waals surface area contributed by atoms with Gasteiger partial charge in [-0.1, -0.05) is 0 Å². The molecule has 0 aromatic rings. The monoisotopic (exact) mass is 280 g/mol. The third-order valence-corrected chi connectivity index (χ3v) is 3.68. The average Bonchev–Trinajstić information content (AvgIpc) is 2.49. The molecule has 2 fully saturated rings. The maximum absolute atomic E-state index is 12.1. The molecule has 2 rings (SSSR count). The lowest BCUT2D eigenvalue weighted by molar-refractivity contribution is -0.137. The highest BCUT2D eigenvalue weighted by Gasteiger charge is 2.24. The van der Waals surface area contributed by atoms with Crippen molar-refractivity contribution in [2.75, 3.05) is 59.0 Å². The topological polar surface area (TPSA) is 76.9 Å². The third-order valence-electron chi connectivity index (χ3n) is 3.68. The molecule has 7 heteroatoms. The number of rotatable bonds is 3. The molecule has 0 spiro atoms. The van der Waals surface area contributed by atoms with Crippen molar-refractivity contribution in [1.29, 1.82) is 5.26 Å². The molecule has 0 aliphatic carbocycles. The molecular weight excluding hydrogens is 260 g/mol. The number of hydrogen-bond donors (Lipinski definition) is 0. The van der Waals surface area contributed by atoms with E-state index in [1.165, 1.54) is 0 Å². The fourth-order valence-electron chi connectivity index (χ4n) is 2.44. The van der Waals surface area contributed by atoms with Crippen LogP contribution < -0.4 is 0 Å². The lowest BCUT2D eigenvalue weighted by atomic mass is 10.2. The van der Waals surface area contributed by atoms with E-state index in [-0.39, 0.29) is 18.2 Å². The van der Waals surface area contributed by atoms with Crippen LogP contribution in [0.3, 0.4) is 0 Å². The molecule has 2 aliphatic rings. The molecule has 0 saturated carbocycles. The van der Waals surface area contributed by atoms with Crippen molar-refractivity contribution >= 4 is 11.8 Å². The minimum Gasteiger partial charge on any atom is -0.378 e. The zero-order valence-electron chi connectivity index (χ0n) is 11.6. The highest BCUT2D eigenvalue weighted by molar-refractivity contribution is 5.79. The quantitative estimate of drug-likeness (QED) is 0.656. The second-order valence-electron chi connectivity index (χ2n) is 4.98. The molecule has 2 aliphatic heterocycles. The highest BCUT2D eigenvalue weighted by Crippen LogP contribution is 2.05. The van der Waals surface area contributed by atoms with E-state index in [0.29, 0.717) is 59.0 Å². The third kappa shape index (κ3) is 3.92. The molecule has 110 valence electrons. The van der Waals surface area contributed by atoms with Crippen LogP contribution in [0.5, 0.6) is 0 Å². The van der Waals surface area contributed by atoms with Crippen molar-refractivity contribution < 1.29 is 14.3 Å². The SMILES string of the molecule is N#CCC(=O)N1CCN(CC(=O)N2CCOCC2)CC1. The van der Waals surface area contributed by atoms with Gasteiger partial charge in [-0.15, -0.1) is 0 Å². The van der Waals surface area contributed by atoms with E-state index in [4.69, 9.17) is 10.00 Å². The molecule has 0 radical (unpaired) electrons. The number of hydrogen-bond acceptors (Lipinski definition) is 5. The molecule has 0 N–H and O–H groups in total. The summed E-state index contributed by atoms with van der Waals surface area (Å²) in [4.78, 5) is 29.2. The first-order chi connectivity index (χ1) is 9.70. The number of carbonyl (C=O) groups excluding carboxylic acids is 2. The Morgan fingerprint density at radius 3 is 2.15 bits per heavy atom. The van der Waals surface area contributed by atoms with Gasteiger partial charge in [-0.3, -0.25) is 14.5 Å². The van der Waals surface area contributed by atoms with E-state index in [9.17, 15) is 9.59 Å². The molecule has 2 amide bonds. The fourth-order valence-corrected chi connectivity index (χ4v) is 2.44. The van der Waals surface area contributed by atoms with Crippen LogP contribution in [0.4, 0.5) is 0 Å². The average molecular weight is 280 g/mol. The van der Waals surface area contributed by atoms with Crippen LogP contribution in [0.15, 0.2) is 0 Å². The zero-order chi connectivity index (χ0) is 14.4. The normalized spacial score (nSPS) is 20.6. The predicted octanol–water partition coefficient (Wildman–Crippen LogP) is -1.10. The van der Waals surface area contributed by atoms with Crippen LogP contribution >= 0.6 is 0 Å². The molecule has 0 bridgehead atoms. The van der Waals surface area contributed by atoms with Crippen molar-refractivity contribution in [3.63, 3.8) is 0 Å². The molecule has 2 saturated heterocycles. The van der Waals surface area contributed by atoms with Crippen molar-refractivity contribution in [3.8, 4) is 6.07 Å². The molecule has 0 aromatic heterocycles. The number of nitrogens with zero attached hydrogens (tertiary/aromatic N) is 4. The van der Waals surface area contributed by atoms with Crippen LogP contribution in [0, 0.1) is 11.3 Å². The summed E-state index contributed by atoms with van der Waals surface area (Å²) >= 11 is 0. The van der Waals surface area contributed by atoms with Crippen LogP contribution in [-0.4, -0.2) is 85.5 Å². The lowest BCUT2D eigenvalue weighted by Gasteiger charge is -2.35. The predicted molar refractivity (Wildman–Crippen MR) is 70.6 cm³/mol. The first-order valence-corrected chi connectivity index (χ1v) is 6.93. The summed E-state index contributed by atoms with van der Waals surface area (Å²) in [5.41, 5.74) is 0. The molecule has 0 unspecified atom stereocenters. The number of morpholine rings is 1. The summed E-state index contributed by atoms with van der Waals surface area (Å²) in [7, 11) is 0. The van der Waals surface area contributed by atoms with Crippen LogP contribution in [-0.2, 0) is 14.3 Å². The molecule has 0 atom stereocenters. The van der Waals surface area contributed by atoms with Gasteiger partial charge in [0, 0.05) is 39.3 Å². The van der Waals surface area contributed by atoms with E-state index in [1.807, 2.05) is 11.0 Å². The van der Waals surface area contributed by atoms with Gasteiger partial charge in [0.2, 0.25) is 11.8 Å². The summed E-state index contributed by atoms with van der Waals surface area (Å²) in [6.07, 6.45) is -0.0628. The second-order valence-corrected chi connectivity index (χ2v) is 4.98. The Bertz CT molecular complexity index is 393. The van der Waals surface area contributed by atoms with E-state index in [0.717, 1.165) is 0 Å². The standard InChI is InChI=1S/C13H20N4O3/c14-2-1-12(18)16-5-3-15(4-6-16)11-13(19)17-7-9-20-10-8-17/h1,3-11H2. The summed E-state index contributed by atoms with van der Waals surface area (Å²) < 4.78 is 5.23. The van der Waals surface area contributed by atoms with Gasteiger partial charge in [-0.05, 0) is 0 Å². The van der Waals surface area contributed by atoms with Crippen molar-refractivity contribution in [1.82, 2.24) is 14.7 Å². The summed E-state index contributed by atoms with van der Waals surface area (Å²) in [6.45, 7) is 5.53. The van der Waals surface area contributed by atoms with Gasteiger partial charge >= 0.3 is 0 Å². The Labute approximate surface area is 118 Å². The zero-order valence-corrected chi connectivity index (χ0v) is 11.6. The van der Waals surface area contributed by atoms with Gasteiger partial charge in [0.05, 0.1) is 25.8 Å². The molecular formula is C13H20N4O3. The number of ether oxygens (including phenoxy) is 1. The molecule has 0 aromatic carbocycles. The number of piperazine rings is 1. The minimum absolute atomic E-state index is 0.0628. The molecule has 20 heavy (non-hydrogen) atoms. The van der Waals surface area contributed by atoms with E-state index < -0.39 is 0 Å². The largest absolute Gasteiger partial charge is 0.378 e. The van der Waals surface area contributed by atoms with Gasteiger partial charge in [0.15, 0.2) is 0 Å². The molecule has 7 nitrogen and oxygen atoms in total. The minimum atomic E-state index is -0.119. The fraction of sp³-hybridized carbons (Fsp3) is 0.769. The van der Waals surface area contributed by atoms with Crippen LogP contribution in [0.1, 0.15) is 6.42 Å². The van der Waals surface area contributed by atoms with Crippen LogP contribution in [0.2, 0.25) is 0 Å². The van der Waals surface area contributed by atoms with Crippen molar-refractivity contribution in [3.05, 3.63) is 0 Å². The number of amides is 2. The Morgan fingerprint density at radius 2 is 1.55 bits per heavy atom. The maximum Gasteiger partial charge on any atom is 0.236 e. The Morgan fingerprint density at radius 1 is 0.950 bits per heavy atom. The smallest absolute Gasteiger partial charge is 0.236 e. The molecule has 2 heterocycles. The Hall–Kier alpha value is -1.65. The first-order valence-electron chi connectivity index (χ1n) is 6.93. The summed E-state index contributed by atoms with van der Waals surface area (Å²) in [6, 6.07) is 1.87. The Kier molecular flexibility index (Phi) is 5.32. The van der Waals surface area contributed by atoms with Crippen molar-refractivity contribution in [2.24, 2.45) is 0 Å². The maximum atomic E-state index is 12.1. The van der Waals surface area contributed by atoms with Gasteiger partial charge < -0.3 is 14.5 Å². The van der Waals surface area contributed by atoms with Crippen molar-refractivity contribution in [2.45, 2.75) is 6.42 Å². The summed E-state index contributed by atoms with van der Waals surface area (Å²) in [5.74, 6) is 0.0109. The van der Waals surface area contributed by atoms with E-state index >= 15 is 0 Å². The van der Waals surface area contributed by atoms with Gasteiger partial charge in [-0.25, -0.2) is 0 Å². The Balaban J connectivity index is 1.72.